The lowest BCUT2D eigenvalue weighted by Crippen LogP contribution is -2.46. The molecule has 0 saturated heterocycles. The molecule has 2 atom stereocenters. The number of hydrogen-bond acceptors (Lipinski definition) is 4. The Labute approximate surface area is 188 Å². The third kappa shape index (κ3) is 5.28. The van der Waals surface area contributed by atoms with Crippen LogP contribution in [0.1, 0.15) is 50.2 Å². The van der Waals surface area contributed by atoms with Crippen molar-refractivity contribution in [2.45, 2.75) is 45.1 Å². The third-order valence-corrected chi connectivity index (χ3v) is 5.89. The van der Waals surface area contributed by atoms with Crippen LogP contribution in [0.3, 0.4) is 0 Å². The molecule has 0 bridgehead atoms. The minimum absolute atomic E-state index is 0.0382. The molecule has 0 aliphatic heterocycles. The van der Waals surface area contributed by atoms with E-state index in [0.717, 1.165) is 22.3 Å². The highest BCUT2D eigenvalue weighted by molar-refractivity contribution is 5.85. The Morgan fingerprint density at radius 2 is 1.59 bits per heavy atom. The van der Waals surface area contributed by atoms with Gasteiger partial charge >= 0.3 is 12.1 Å². The fourth-order valence-corrected chi connectivity index (χ4v) is 4.11. The number of rotatable bonds is 10. The maximum Gasteiger partial charge on any atom is 0.407 e. The molecule has 7 nitrogen and oxygen atoms in total. The van der Waals surface area contributed by atoms with Crippen molar-refractivity contribution in [3.63, 3.8) is 0 Å². The molecule has 0 saturated carbocycles. The first-order valence-electron chi connectivity index (χ1n) is 11.1. The van der Waals surface area contributed by atoms with E-state index in [1.807, 2.05) is 50.2 Å². The number of aliphatic carboxylic acids is 1. The van der Waals surface area contributed by atoms with E-state index >= 15 is 0 Å². The molecule has 2 amide bonds. The Morgan fingerprint density at radius 1 is 1.00 bits per heavy atom. The van der Waals surface area contributed by atoms with Crippen LogP contribution in [0.15, 0.2) is 48.5 Å². The summed E-state index contributed by atoms with van der Waals surface area (Å²) in [7, 11) is 0. The molecule has 1 aliphatic rings. The van der Waals surface area contributed by atoms with Crippen LogP contribution in [0.4, 0.5) is 4.79 Å². The normalized spacial score (nSPS) is 14.1. The van der Waals surface area contributed by atoms with Gasteiger partial charge in [-0.25, -0.2) is 9.59 Å². The van der Waals surface area contributed by atoms with Crippen LogP contribution in [0.5, 0.6) is 0 Å². The second kappa shape index (κ2) is 10.8. The van der Waals surface area contributed by atoms with Crippen LogP contribution >= 0.6 is 0 Å². The number of carboxylic acid groups (broad SMARTS) is 1. The predicted molar refractivity (Wildman–Crippen MR) is 121 cm³/mol. The number of carbonyl (C=O) groups excluding carboxylic acids is 2. The monoisotopic (exact) mass is 438 g/mol. The average Bonchev–Trinajstić information content (AvgIpc) is 3.11. The van der Waals surface area contributed by atoms with Gasteiger partial charge in [-0.3, -0.25) is 4.79 Å². The first-order chi connectivity index (χ1) is 15.5. The molecule has 0 heterocycles. The molecule has 32 heavy (non-hydrogen) atoms. The summed E-state index contributed by atoms with van der Waals surface area (Å²) < 4.78 is 5.50. The molecule has 170 valence electrons. The molecule has 3 N–H and O–H groups in total. The Hall–Kier alpha value is -3.35. The largest absolute Gasteiger partial charge is 0.480 e. The topological polar surface area (TPSA) is 105 Å². The van der Waals surface area contributed by atoms with Gasteiger partial charge in [-0.2, -0.15) is 0 Å². The van der Waals surface area contributed by atoms with Crippen molar-refractivity contribution >= 4 is 18.0 Å². The van der Waals surface area contributed by atoms with Crippen molar-refractivity contribution in [2.24, 2.45) is 5.92 Å². The third-order valence-electron chi connectivity index (χ3n) is 5.89. The van der Waals surface area contributed by atoms with Crippen LogP contribution in [0, 0.1) is 5.92 Å². The van der Waals surface area contributed by atoms with Crippen molar-refractivity contribution in [1.82, 2.24) is 10.6 Å². The molecule has 2 aromatic carbocycles. The number of carboxylic acids is 1. The first kappa shape index (κ1) is 23.3. The minimum Gasteiger partial charge on any atom is -0.480 e. The zero-order chi connectivity index (χ0) is 23.1. The summed E-state index contributed by atoms with van der Waals surface area (Å²) in [6.07, 6.45) is 0.874. The summed E-state index contributed by atoms with van der Waals surface area (Å²) >= 11 is 0. The summed E-state index contributed by atoms with van der Waals surface area (Å²) in [6, 6.07) is 15.3. The number of alkyl carbamates (subject to hydrolysis) is 1. The minimum atomic E-state index is -1.06. The lowest BCUT2D eigenvalue weighted by atomic mass is 9.98. The number of fused-ring (bicyclic) bond motifs is 3. The van der Waals surface area contributed by atoms with Gasteiger partial charge in [-0.05, 0) is 35.1 Å². The standard InChI is InChI=1S/C25H30N2O5/c1-3-9-22(24(29)30)27-23(28)16(4-2)14-26-25(31)32-15-21-19-12-7-5-10-17(19)18-11-6-8-13-20(18)21/h5-8,10-13,16,21-22H,3-4,9,14-15H2,1-2H3,(H,26,31)(H,27,28)(H,29,30). The highest BCUT2D eigenvalue weighted by Crippen LogP contribution is 2.44. The highest BCUT2D eigenvalue weighted by atomic mass is 16.5. The van der Waals surface area contributed by atoms with Gasteiger partial charge in [0.15, 0.2) is 0 Å². The fourth-order valence-electron chi connectivity index (χ4n) is 4.11. The fraction of sp³-hybridized carbons (Fsp3) is 0.400. The van der Waals surface area contributed by atoms with Crippen molar-refractivity contribution in [3.8, 4) is 11.1 Å². The molecule has 0 radical (unpaired) electrons. The zero-order valence-electron chi connectivity index (χ0n) is 18.5. The molecule has 0 spiro atoms. The molecular formula is C25H30N2O5. The van der Waals surface area contributed by atoms with E-state index in [0.29, 0.717) is 19.3 Å². The predicted octanol–water partition coefficient (Wildman–Crippen LogP) is 3.92. The van der Waals surface area contributed by atoms with Crippen molar-refractivity contribution in [1.29, 1.82) is 0 Å². The second-order valence-corrected chi connectivity index (χ2v) is 8.00. The van der Waals surface area contributed by atoms with Crippen LogP contribution in [-0.4, -0.2) is 42.3 Å². The molecule has 0 aromatic heterocycles. The number of carbonyl (C=O) groups is 3. The lowest BCUT2D eigenvalue weighted by Gasteiger charge is -2.20. The molecule has 0 fully saturated rings. The van der Waals surface area contributed by atoms with E-state index in [-0.39, 0.29) is 25.0 Å². The van der Waals surface area contributed by atoms with Gasteiger partial charge in [-0.15, -0.1) is 0 Å². The van der Waals surface area contributed by atoms with Gasteiger partial charge in [0, 0.05) is 12.5 Å². The molecule has 7 heteroatoms. The summed E-state index contributed by atoms with van der Waals surface area (Å²) in [4.78, 5) is 36.1. The van der Waals surface area contributed by atoms with Crippen LogP contribution in [-0.2, 0) is 14.3 Å². The van der Waals surface area contributed by atoms with Crippen LogP contribution in [0.2, 0.25) is 0 Å². The van der Waals surface area contributed by atoms with Crippen molar-refractivity contribution in [3.05, 3.63) is 59.7 Å². The number of amides is 2. The molecule has 2 aromatic rings. The van der Waals surface area contributed by atoms with Gasteiger partial charge in [0.2, 0.25) is 5.91 Å². The summed E-state index contributed by atoms with van der Waals surface area (Å²) in [5.41, 5.74) is 4.56. The summed E-state index contributed by atoms with van der Waals surface area (Å²) in [6.45, 7) is 3.95. The summed E-state index contributed by atoms with van der Waals surface area (Å²) in [5, 5.41) is 14.4. The van der Waals surface area contributed by atoms with E-state index in [2.05, 4.69) is 22.8 Å². The quantitative estimate of drug-likeness (QED) is 0.521. The Morgan fingerprint density at radius 3 is 2.12 bits per heavy atom. The smallest absolute Gasteiger partial charge is 0.407 e. The Bertz CT molecular complexity index is 929. The van der Waals surface area contributed by atoms with E-state index < -0.39 is 24.0 Å². The van der Waals surface area contributed by atoms with Gasteiger partial charge < -0.3 is 20.5 Å². The first-order valence-corrected chi connectivity index (χ1v) is 11.1. The van der Waals surface area contributed by atoms with E-state index in [1.54, 1.807) is 0 Å². The van der Waals surface area contributed by atoms with Crippen LogP contribution < -0.4 is 10.6 Å². The Balaban J connectivity index is 1.55. The van der Waals surface area contributed by atoms with E-state index in [4.69, 9.17) is 4.74 Å². The lowest BCUT2D eigenvalue weighted by molar-refractivity contribution is -0.142. The average molecular weight is 439 g/mol. The SMILES string of the molecule is CCCC(NC(=O)C(CC)CNC(=O)OCC1c2ccccc2-c2ccccc21)C(=O)O. The highest BCUT2D eigenvalue weighted by Gasteiger charge is 2.29. The molecule has 1 aliphatic carbocycles. The van der Waals surface area contributed by atoms with Crippen molar-refractivity contribution in [2.75, 3.05) is 13.2 Å². The second-order valence-electron chi connectivity index (χ2n) is 8.00. The van der Waals surface area contributed by atoms with E-state index in [9.17, 15) is 19.5 Å². The summed E-state index contributed by atoms with van der Waals surface area (Å²) in [5.74, 6) is -2.01. The molecule has 2 unspecified atom stereocenters. The number of ether oxygens (including phenoxy) is 1. The van der Waals surface area contributed by atoms with Gasteiger partial charge in [-0.1, -0.05) is 68.8 Å². The van der Waals surface area contributed by atoms with Crippen molar-refractivity contribution < 1.29 is 24.2 Å². The van der Waals surface area contributed by atoms with Gasteiger partial charge in [0.25, 0.3) is 0 Å². The maximum atomic E-state index is 12.5. The number of benzene rings is 2. The Kier molecular flexibility index (Phi) is 7.87. The number of nitrogens with one attached hydrogen (secondary N) is 2. The molecule has 3 rings (SSSR count). The zero-order valence-corrected chi connectivity index (χ0v) is 18.5. The maximum absolute atomic E-state index is 12.5. The molecular weight excluding hydrogens is 408 g/mol. The van der Waals surface area contributed by atoms with Crippen LogP contribution in [0.25, 0.3) is 11.1 Å². The van der Waals surface area contributed by atoms with Gasteiger partial charge in [0.05, 0.1) is 5.92 Å². The van der Waals surface area contributed by atoms with E-state index in [1.165, 1.54) is 0 Å². The number of hydrogen-bond donors (Lipinski definition) is 3. The van der Waals surface area contributed by atoms with Gasteiger partial charge in [0.1, 0.15) is 12.6 Å².